The van der Waals surface area contributed by atoms with Gasteiger partial charge >= 0.3 is 5.97 Å². The molecule has 2 aromatic carbocycles. The lowest BCUT2D eigenvalue weighted by Crippen LogP contribution is -2.43. The zero-order chi connectivity index (χ0) is 19.8. The van der Waals surface area contributed by atoms with Crippen molar-refractivity contribution >= 4 is 24.0 Å². The number of anilines is 1. The van der Waals surface area contributed by atoms with E-state index in [0.29, 0.717) is 12.0 Å². The molecule has 27 heavy (non-hydrogen) atoms. The first-order valence-electron chi connectivity index (χ1n) is 8.23. The quantitative estimate of drug-likeness (QED) is 0.317. The van der Waals surface area contributed by atoms with Crippen molar-refractivity contribution in [3.63, 3.8) is 0 Å². The first-order valence-corrected chi connectivity index (χ1v) is 8.23. The van der Waals surface area contributed by atoms with Crippen molar-refractivity contribution in [1.29, 1.82) is 0 Å². The van der Waals surface area contributed by atoms with Crippen LogP contribution in [0.3, 0.4) is 0 Å². The Morgan fingerprint density at radius 3 is 2.48 bits per heavy atom. The maximum Gasteiger partial charge on any atom is 0.328 e. The molecule has 4 N–H and O–H groups in total. The molecule has 0 aliphatic heterocycles. The predicted molar refractivity (Wildman–Crippen MR) is 97.5 cm³/mol. The van der Waals surface area contributed by atoms with Crippen molar-refractivity contribution in [2.45, 2.75) is 19.4 Å². The van der Waals surface area contributed by atoms with Crippen molar-refractivity contribution in [3.05, 3.63) is 53.6 Å². The molecule has 0 fully saturated rings. The van der Waals surface area contributed by atoms with Crippen molar-refractivity contribution in [3.8, 4) is 11.5 Å². The van der Waals surface area contributed by atoms with Crippen LogP contribution < -0.4 is 10.6 Å². The fourth-order valence-corrected chi connectivity index (χ4v) is 2.45. The molecule has 1 atom stereocenters. The summed E-state index contributed by atoms with van der Waals surface area (Å²) < 4.78 is 5.01. The summed E-state index contributed by atoms with van der Waals surface area (Å²) in [5.74, 6) is -1.64. The van der Waals surface area contributed by atoms with Crippen LogP contribution in [0.1, 0.15) is 22.8 Å². The number of nitrogens with one attached hydrogen (secondary N) is 2. The molecule has 8 nitrogen and oxygen atoms in total. The van der Waals surface area contributed by atoms with Crippen molar-refractivity contribution in [1.82, 2.24) is 5.32 Å². The molecule has 2 aromatic rings. The molecule has 0 spiro atoms. The summed E-state index contributed by atoms with van der Waals surface area (Å²) >= 11 is 0. The first-order chi connectivity index (χ1) is 13.0. The van der Waals surface area contributed by atoms with Crippen molar-refractivity contribution in [2.24, 2.45) is 0 Å². The standard InChI is InChI=1S/C19H20N2O6/c1-2-27-19(26)16(10-12-6-8-13(23)9-7-12)21-18(25)14-4-3-5-15(17(14)24)20-11-22/h3-9,11,16,23-24H,2,10H2,1H3,(H,20,22)(H,21,25). The van der Waals surface area contributed by atoms with Gasteiger partial charge in [0.25, 0.3) is 5.91 Å². The van der Waals surface area contributed by atoms with Crippen LogP contribution in [0.2, 0.25) is 0 Å². The monoisotopic (exact) mass is 372 g/mol. The van der Waals surface area contributed by atoms with Gasteiger partial charge in [-0.3, -0.25) is 9.59 Å². The second kappa shape index (κ2) is 9.23. The molecule has 2 rings (SSSR count). The van der Waals surface area contributed by atoms with E-state index < -0.39 is 23.7 Å². The van der Waals surface area contributed by atoms with Gasteiger partial charge in [-0.2, -0.15) is 0 Å². The predicted octanol–water partition coefficient (Wildman–Crippen LogP) is 1.57. The number of benzene rings is 2. The minimum atomic E-state index is -0.996. The van der Waals surface area contributed by atoms with Gasteiger partial charge in [-0.15, -0.1) is 0 Å². The number of ether oxygens (including phenoxy) is 1. The molecule has 142 valence electrons. The summed E-state index contributed by atoms with van der Waals surface area (Å²) in [6.07, 6.45) is 0.515. The average molecular weight is 372 g/mol. The van der Waals surface area contributed by atoms with Gasteiger partial charge in [-0.05, 0) is 36.8 Å². The summed E-state index contributed by atoms with van der Waals surface area (Å²) in [7, 11) is 0. The number of phenolic OH excluding ortho intramolecular Hbond substituents is 2. The zero-order valence-electron chi connectivity index (χ0n) is 14.6. The summed E-state index contributed by atoms with van der Waals surface area (Å²) in [5, 5.41) is 24.3. The lowest BCUT2D eigenvalue weighted by molar-refractivity contribution is -0.145. The van der Waals surface area contributed by atoms with E-state index in [2.05, 4.69) is 10.6 Å². The molecule has 0 aliphatic carbocycles. The van der Waals surface area contributed by atoms with Gasteiger partial charge < -0.3 is 25.6 Å². The van der Waals surface area contributed by atoms with Crippen molar-refractivity contribution < 1.29 is 29.3 Å². The fraction of sp³-hybridized carbons (Fsp3) is 0.211. The molecule has 0 radical (unpaired) electrons. The van der Waals surface area contributed by atoms with E-state index in [1.54, 1.807) is 19.1 Å². The maximum atomic E-state index is 12.6. The Bertz CT molecular complexity index is 819. The van der Waals surface area contributed by atoms with Gasteiger partial charge in [0.05, 0.1) is 17.9 Å². The van der Waals surface area contributed by atoms with Crippen LogP contribution in [-0.4, -0.2) is 41.1 Å². The summed E-state index contributed by atoms with van der Waals surface area (Å²) in [6.45, 7) is 1.79. The second-order valence-electron chi connectivity index (χ2n) is 5.61. The first kappa shape index (κ1) is 19.8. The van der Waals surface area contributed by atoms with E-state index in [4.69, 9.17) is 4.74 Å². The topological polar surface area (TPSA) is 125 Å². The minimum absolute atomic E-state index is 0.0730. The van der Waals surface area contributed by atoms with E-state index in [0.717, 1.165) is 0 Å². The number of hydrogen-bond acceptors (Lipinski definition) is 6. The van der Waals surface area contributed by atoms with Crippen LogP contribution in [0.4, 0.5) is 5.69 Å². The Labute approximate surface area is 155 Å². The van der Waals surface area contributed by atoms with Gasteiger partial charge in [-0.25, -0.2) is 4.79 Å². The molecule has 0 aliphatic rings. The van der Waals surface area contributed by atoms with Crippen molar-refractivity contribution in [2.75, 3.05) is 11.9 Å². The van der Waals surface area contributed by atoms with Gasteiger partial charge in [-0.1, -0.05) is 18.2 Å². The SMILES string of the molecule is CCOC(=O)C(Cc1ccc(O)cc1)NC(=O)c1cccc(NC=O)c1O. The molecular weight excluding hydrogens is 352 g/mol. The fourth-order valence-electron chi connectivity index (χ4n) is 2.45. The third-order valence-corrected chi connectivity index (χ3v) is 3.75. The summed E-state index contributed by atoms with van der Waals surface area (Å²) in [6, 6.07) is 9.48. The van der Waals surface area contributed by atoms with E-state index >= 15 is 0 Å². The second-order valence-corrected chi connectivity index (χ2v) is 5.61. The van der Waals surface area contributed by atoms with Gasteiger partial charge in [0.1, 0.15) is 11.8 Å². The van der Waals surface area contributed by atoms with E-state index in [1.165, 1.54) is 30.3 Å². The molecule has 0 saturated heterocycles. The van der Waals surface area contributed by atoms with Crippen LogP contribution in [0.15, 0.2) is 42.5 Å². The molecule has 0 bridgehead atoms. The Kier molecular flexibility index (Phi) is 6.76. The number of esters is 1. The summed E-state index contributed by atoms with van der Waals surface area (Å²) in [4.78, 5) is 35.4. The molecule has 8 heteroatoms. The number of rotatable bonds is 8. The third kappa shape index (κ3) is 5.21. The Balaban J connectivity index is 2.22. The lowest BCUT2D eigenvalue weighted by atomic mass is 10.0. The molecule has 0 heterocycles. The van der Waals surface area contributed by atoms with Gasteiger partial charge in [0.2, 0.25) is 6.41 Å². The van der Waals surface area contributed by atoms with E-state index in [9.17, 15) is 24.6 Å². The normalized spacial score (nSPS) is 11.3. The number of carbonyl (C=O) groups excluding carboxylic acids is 3. The van der Waals surface area contributed by atoms with Gasteiger partial charge in [0, 0.05) is 6.42 Å². The molecular formula is C19H20N2O6. The highest BCUT2D eigenvalue weighted by atomic mass is 16.5. The number of phenols is 2. The number of aromatic hydroxyl groups is 2. The molecule has 2 amide bonds. The van der Waals surface area contributed by atoms with Gasteiger partial charge in [0.15, 0.2) is 5.75 Å². The maximum absolute atomic E-state index is 12.6. The average Bonchev–Trinajstić information content (AvgIpc) is 2.65. The molecule has 0 aromatic heterocycles. The van der Waals surface area contributed by atoms with Crippen LogP contribution in [-0.2, 0) is 20.7 Å². The Morgan fingerprint density at radius 1 is 1.15 bits per heavy atom. The molecule has 1 unspecified atom stereocenters. The number of amides is 2. The summed E-state index contributed by atoms with van der Waals surface area (Å²) in [5.41, 5.74) is 0.678. The lowest BCUT2D eigenvalue weighted by Gasteiger charge is -2.18. The third-order valence-electron chi connectivity index (χ3n) is 3.75. The van der Waals surface area contributed by atoms with Crippen LogP contribution >= 0.6 is 0 Å². The highest BCUT2D eigenvalue weighted by Crippen LogP contribution is 2.27. The largest absolute Gasteiger partial charge is 0.508 e. The Morgan fingerprint density at radius 2 is 1.85 bits per heavy atom. The number of hydrogen-bond donors (Lipinski definition) is 4. The highest BCUT2D eigenvalue weighted by molar-refractivity contribution is 6.01. The zero-order valence-corrected chi connectivity index (χ0v) is 14.6. The highest BCUT2D eigenvalue weighted by Gasteiger charge is 2.25. The Hall–Kier alpha value is -3.55. The minimum Gasteiger partial charge on any atom is -0.508 e. The molecule has 0 saturated carbocycles. The van der Waals surface area contributed by atoms with Crippen LogP contribution in [0.25, 0.3) is 0 Å². The smallest absolute Gasteiger partial charge is 0.328 e. The number of carbonyl (C=O) groups is 3. The van der Waals surface area contributed by atoms with Crippen LogP contribution in [0, 0.1) is 0 Å². The van der Waals surface area contributed by atoms with E-state index in [-0.39, 0.29) is 30.0 Å². The number of para-hydroxylation sites is 1. The van der Waals surface area contributed by atoms with Crippen LogP contribution in [0.5, 0.6) is 11.5 Å². The van der Waals surface area contributed by atoms with E-state index in [1.807, 2.05) is 0 Å².